The van der Waals surface area contributed by atoms with Gasteiger partial charge in [-0.3, -0.25) is 4.79 Å². The van der Waals surface area contributed by atoms with Crippen molar-refractivity contribution in [2.24, 2.45) is 0 Å². The van der Waals surface area contributed by atoms with Crippen molar-refractivity contribution in [3.8, 4) is 17.1 Å². The van der Waals surface area contributed by atoms with Crippen LogP contribution < -0.4 is 10.1 Å². The first-order valence-electron chi connectivity index (χ1n) is 6.56. The third kappa shape index (κ3) is 3.17. The molecule has 2 aromatic rings. The molecule has 0 saturated carbocycles. The number of benzene rings is 1. The highest BCUT2D eigenvalue weighted by Gasteiger charge is 2.15. The van der Waals surface area contributed by atoms with Crippen LogP contribution in [0.15, 0.2) is 34.9 Å². The van der Waals surface area contributed by atoms with Gasteiger partial charge in [0.25, 0.3) is 5.91 Å². The molecule has 5 heteroatoms. The van der Waals surface area contributed by atoms with Gasteiger partial charge in [0.15, 0.2) is 11.5 Å². The van der Waals surface area contributed by atoms with Gasteiger partial charge in [0.1, 0.15) is 5.75 Å². The molecule has 1 atom stereocenters. The van der Waals surface area contributed by atoms with Gasteiger partial charge in [0.05, 0.1) is 7.11 Å². The van der Waals surface area contributed by atoms with Crippen molar-refractivity contribution in [2.45, 2.75) is 26.3 Å². The standard InChI is InChI=1S/C15H18N2O3/c1-4-10(2)16-15(18)13-9-14(20-17-13)11-5-7-12(19-3)8-6-11/h5-10H,4H2,1-3H3,(H,16,18)/t10-/m1/s1. The van der Waals surface area contributed by atoms with Crippen molar-refractivity contribution < 1.29 is 14.1 Å². The number of nitrogens with one attached hydrogen (secondary N) is 1. The van der Waals surface area contributed by atoms with Gasteiger partial charge in [-0.15, -0.1) is 0 Å². The van der Waals surface area contributed by atoms with E-state index in [9.17, 15) is 4.79 Å². The van der Waals surface area contributed by atoms with E-state index < -0.39 is 0 Å². The maximum absolute atomic E-state index is 11.9. The van der Waals surface area contributed by atoms with E-state index in [2.05, 4.69) is 10.5 Å². The van der Waals surface area contributed by atoms with Gasteiger partial charge in [-0.2, -0.15) is 0 Å². The molecule has 1 amide bonds. The number of hydrogen-bond donors (Lipinski definition) is 1. The quantitative estimate of drug-likeness (QED) is 0.910. The zero-order valence-corrected chi connectivity index (χ0v) is 11.8. The number of hydrogen-bond acceptors (Lipinski definition) is 4. The summed E-state index contributed by atoms with van der Waals surface area (Å²) in [5.74, 6) is 1.10. The second kappa shape index (κ2) is 6.23. The van der Waals surface area contributed by atoms with Crippen LogP contribution in [0.5, 0.6) is 5.75 Å². The number of amides is 1. The maximum Gasteiger partial charge on any atom is 0.273 e. The number of ether oxygens (including phenoxy) is 1. The zero-order valence-electron chi connectivity index (χ0n) is 11.8. The minimum Gasteiger partial charge on any atom is -0.497 e. The van der Waals surface area contributed by atoms with Crippen LogP contribution in [0.2, 0.25) is 0 Å². The van der Waals surface area contributed by atoms with E-state index in [1.807, 2.05) is 38.1 Å². The van der Waals surface area contributed by atoms with Crippen LogP contribution in [0.1, 0.15) is 30.8 Å². The third-order valence-corrected chi connectivity index (χ3v) is 3.11. The third-order valence-electron chi connectivity index (χ3n) is 3.11. The Hall–Kier alpha value is -2.30. The topological polar surface area (TPSA) is 64.4 Å². The smallest absolute Gasteiger partial charge is 0.273 e. The normalized spacial score (nSPS) is 11.9. The molecule has 1 aromatic carbocycles. The Morgan fingerprint density at radius 1 is 1.40 bits per heavy atom. The van der Waals surface area contributed by atoms with E-state index in [0.717, 1.165) is 17.7 Å². The average Bonchev–Trinajstić information content (AvgIpc) is 2.97. The van der Waals surface area contributed by atoms with Crippen LogP contribution in [0, 0.1) is 0 Å². The lowest BCUT2D eigenvalue weighted by atomic mass is 10.1. The number of methoxy groups -OCH3 is 1. The number of nitrogens with zero attached hydrogens (tertiary/aromatic N) is 1. The summed E-state index contributed by atoms with van der Waals surface area (Å²) in [5, 5.41) is 6.65. The Kier molecular flexibility index (Phi) is 4.40. The summed E-state index contributed by atoms with van der Waals surface area (Å²) in [7, 11) is 1.61. The molecule has 0 aliphatic rings. The molecule has 0 aliphatic carbocycles. The first-order valence-corrected chi connectivity index (χ1v) is 6.56. The molecule has 106 valence electrons. The van der Waals surface area contributed by atoms with Crippen LogP contribution in [-0.2, 0) is 0 Å². The molecule has 1 aromatic heterocycles. The lowest BCUT2D eigenvalue weighted by Crippen LogP contribution is -2.32. The summed E-state index contributed by atoms with van der Waals surface area (Å²) in [6.07, 6.45) is 0.870. The summed E-state index contributed by atoms with van der Waals surface area (Å²) in [5.41, 5.74) is 1.14. The van der Waals surface area contributed by atoms with Crippen molar-refractivity contribution in [1.29, 1.82) is 0 Å². The highest BCUT2D eigenvalue weighted by molar-refractivity contribution is 5.93. The minimum atomic E-state index is -0.220. The Balaban J connectivity index is 2.13. The highest BCUT2D eigenvalue weighted by Crippen LogP contribution is 2.23. The van der Waals surface area contributed by atoms with Crippen molar-refractivity contribution in [2.75, 3.05) is 7.11 Å². The molecule has 0 bridgehead atoms. The molecule has 20 heavy (non-hydrogen) atoms. The Bertz CT molecular complexity index is 575. The monoisotopic (exact) mass is 274 g/mol. The van der Waals surface area contributed by atoms with Crippen molar-refractivity contribution in [3.05, 3.63) is 36.0 Å². The fourth-order valence-corrected chi connectivity index (χ4v) is 1.67. The highest BCUT2D eigenvalue weighted by atomic mass is 16.5. The second-order valence-electron chi connectivity index (χ2n) is 4.59. The molecule has 0 fully saturated rings. The number of carbonyl (C=O) groups is 1. The fourth-order valence-electron chi connectivity index (χ4n) is 1.67. The Morgan fingerprint density at radius 2 is 2.10 bits per heavy atom. The Morgan fingerprint density at radius 3 is 2.70 bits per heavy atom. The van der Waals surface area contributed by atoms with Gasteiger partial charge in [-0.05, 0) is 37.6 Å². The number of aromatic nitrogens is 1. The SMILES string of the molecule is CC[C@@H](C)NC(=O)c1cc(-c2ccc(OC)cc2)on1. The lowest BCUT2D eigenvalue weighted by molar-refractivity contribution is 0.0930. The van der Waals surface area contributed by atoms with E-state index in [-0.39, 0.29) is 17.6 Å². The predicted octanol–water partition coefficient (Wildman–Crippen LogP) is 2.88. The van der Waals surface area contributed by atoms with Gasteiger partial charge in [0.2, 0.25) is 0 Å². The molecule has 1 heterocycles. The summed E-state index contributed by atoms with van der Waals surface area (Å²) in [4.78, 5) is 11.9. The van der Waals surface area contributed by atoms with E-state index >= 15 is 0 Å². The molecular formula is C15H18N2O3. The first kappa shape index (κ1) is 14.1. The van der Waals surface area contributed by atoms with E-state index in [0.29, 0.717) is 5.76 Å². The van der Waals surface area contributed by atoms with Crippen LogP contribution >= 0.6 is 0 Å². The fraction of sp³-hybridized carbons (Fsp3) is 0.333. The van der Waals surface area contributed by atoms with Crippen LogP contribution in [0.4, 0.5) is 0 Å². The van der Waals surface area contributed by atoms with E-state index in [1.165, 1.54) is 0 Å². The van der Waals surface area contributed by atoms with Gasteiger partial charge in [-0.25, -0.2) is 0 Å². The van der Waals surface area contributed by atoms with Crippen molar-refractivity contribution in [3.63, 3.8) is 0 Å². The van der Waals surface area contributed by atoms with Gasteiger partial charge in [-0.1, -0.05) is 12.1 Å². The van der Waals surface area contributed by atoms with E-state index in [4.69, 9.17) is 9.26 Å². The molecule has 2 rings (SSSR count). The minimum absolute atomic E-state index is 0.114. The Labute approximate surface area is 117 Å². The average molecular weight is 274 g/mol. The molecule has 0 aliphatic heterocycles. The molecule has 0 unspecified atom stereocenters. The lowest BCUT2D eigenvalue weighted by Gasteiger charge is -2.08. The van der Waals surface area contributed by atoms with Gasteiger partial charge in [0, 0.05) is 17.7 Å². The summed E-state index contributed by atoms with van der Waals surface area (Å²) in [6.45, 7) is 3.96. The molecule has 0 spiro atoms. The number of rotatable bonds is 5. The summed E-state index contributed by atoms with van der Waals surface area (Å²) in [6, 6.07) is 9.13. The zero-order chi connectivity index (χ0) is 14.5. The molecule has 1 N–H and O–H groups in total. The van der Waals surface area contributed by atoms with Crippen LogP contribution in [0.3, 0.4) is 0 Å². The van der Waals surface area contributed by atoms with Gasteiger partial charge < -0.3 is 14.6 Å². The molecule has 0 saturated heterocycles. The molecule has 5 nitrogen and oxygen atoms in total. The van der Waals surface area contributed by atoms with E-state index in [1.54, 1.807) is 13.2 Å². The van der Waals surface area contributed by atoms with Crippen LogP contribution in [0.25, 0.3) is 11.3 Å². The summed E-state index contributed by atoms with van der Waals surface area (Å²) < 4.78 is 10.3. The molecule has 0 radical (unpaired) electrons. The predicted molar refractivity (Wildman–Crippen MR) is 75.7 cm³/mol. The van der Waals surface area contributed by atoms with Crippen molar-refractivity contribution >= 4 is 5.91 Å². The largest absolute Gasteiger partial charge is 0.497 e. The summed E-state index contributed by atoms with van der Waals surface area (Å²) >= 11 is 0. The first-order chi connectivity index (χ1) is 9.63. The number of carbonyl (C=O) groups excluding carboxylic acids is 1. The van der Waals surface area contributed by atoms with Crippen LogP contribution in [-0.4, -0.2) is 24.2 Å². The molecular weight excluding hydrogens is 256 g/mol. The van der Waals surface area contributed by atoms with Gasteiger partial charge >= 0.3 is 0 Å². The maximum atomic E-state index is 11.9. The van der Waals surface area contributed by atoms with Crippen molar-refractivity contribution in [1.82, 2.24) is 10.5 Å². The second-order valence-corrected chi connectivity index (χ2v) is 4.59.